The summed E-state index contributed by atoms with van der Waals surface area (Å²) in [6.45, 7) is 0.688. The van der Waals surface area contributed by atoms with E-state index in [2.05, 4.69) is 5.32 Å². The van der Waals surface area contributed by atoms with Crippen LogP contribution in [-0.2, 0) is 0 Å². The second-order valence-corrected chi connectivity index (χ2v) is 5.96. The molecule has 0 amide bonds. The van der Waals surface area contributed by atoms with Crippen molar-refractivity contribution in [2.45, 2.75) is 12.8 Å². The van der Waals surface area contributed by atoms with E-state index < -0.39 is 10.9 Å². The average molecular weight is 296 g/mol. The molecule has 7 heteroatoms. The number of rotatable bonds is 5. The lowest BCUT2D eigenvalue weighted by Crippen LogP contribution is -2.19. The van der Waals surface area contributed by atoms with Crippen LogP contribution < -0.4 is 5.32 Å². The molecule has 1 aromatic rings. The van der Waals surface area contributed by atoms with Gasteiger partial charge in [0.2, 0.25) is 0 Å². The van der Waals surface area contributed by atoms with E-state index in [1.807, 2.05) is 11.8 Å². The largest absolute Gasteiger partial charge is 0.478 e. The Morgan fingerprint density at radius 3 is 2.75 bits per heavy atom. The van der Waals surface area contributed by atoms with Gasteiger partial charge in [0, 0.05) is 12.6 Å². The Morgan fingerprint density at radius 2 is 2.15 bits per heavy atom. The van der Waals surface area contributed by atoms with Crippen molar-refractivity contribution in [3.05, 3.63) is 33.9 Å². The van der Waals surface area contributed by atoms with Crippen LogP contribution in [0.1, 0.15) is 23.2 Å². The first-order valence-corrected chi connectivity index (χ1v) is 7.56. The molecule has 0 saturated carbocycles. The minimum absolute atomic E-state index is 0.0729. The molecule has 1 aromatic carbocycles. The van der Waals surface area contributed by atoms with Crippen LogP contribution in [0.25, 0.3) is 0 Å². The summed E-state index contributed by atoms with van der Waals surface area (Å²) in [4.78, 5) is 21.3. The average Bonchev–Trinajstić information content (AvgIpc) is 2.45. The van der Waals surface area contributed by atoms with Crippen LogP contribution in [0.4, 0.5) is 11.4 Å². The third-order valence-electron chi connectivity index (χ3n) is 3.36. The van der Waals surface area contributed by atoms with Gasteiger partial charge in [0.1, 0.15) is 5.69 Å². The Bertz CT molecular complexity index is 515. The standard InChI is InChI=1S/C13H16N2O4S/c16-13(17)10-1-2-11(12(7-10)15(18)19)14-8-9-3-5-20-6-4-9/h1-2,7,9,14H,3-6,8H2,(H,16,17). The number of hydrogen-bond acceptors (Lipinski definition) is 5. The zero-order valence-corrected chi connectivity index (χ0v) is 11.7. The van der Waals surface area contributed by atoms with Gasteiger partial charge in [-0.15, -0.1) is 0 Å². The molecule has 0 aliphatic carbocycles. The summed E-state index contributed by atoms with van der Waals surface area (Å²) in [6, 6.07) is 3.95. The smallest absolute Gasteiger partial charge is 0.335 e. The number of nitrogens with one attached hydrogen (secondary N) is 1. The van der Waals surface area contributed by atoms with Gasteiger partial charge in [-0.2, -0.15) is 11.8 Å². The number of benzene rings is 1. The number of thioether (sulfide) groups is 1. The van der Waals surface area contributed by atoms with Crippen LogP contribution >= 0.6 is 11.8 Å². The summed E-state index contributed by atoms with van der Waals surface area (Å²) >= 11 is 1.93. The highest BCUT2D eigenvalue weighted by Crippen LogP contribution is 2.28. The van der Waals surface area contributed by atoms with Crippen molar-refractivity contribution in [2.24, 2.45) is 5.92 Å². The zero-order chi connectivity index (χ0) is 14.5. The van der Waals surface area contributed by atoms with Crippen molar-refractivity contribution in [3.8, 4) is 0 Å². The Kier molecular flexibility index (Phi) is 4.84. The summed E-state index contributed by atoms with van der Waals surface area (Å²) in [5.74, 6) is 1.62. The first kappa shape index (κ1) is 14.6. The molecule has 6 nitrogen and oxygen atoms in total. The molecule has 0 unspecified atom stereocenters. The summed E-state index contributed by atoms with van der Waals surface area (Å²) in [6.07, 6.45) is 2.22. The molecule has 0 atom stereocenters. The van der Waals surface area contributed by atoms with Crippen molar-refractivity contribution < 1.29 is 14.8 Å². The second kappa shape index (κ2) is 6.60. The lowest BCUT2D eigenvalue weighted by Gasteiger charge is -2.22. The van der Waals surface area contributed by atoms with Crippen molar-refractivity contribution in [1.29, 1.82) is 0 Å². The summed E-state index contributed by atoms with van der Waals surface area (Å²) in [5.41, 5.74) is 0.129. The fourth-order valence-corrected chi connectivity index (χ4v) is 3.37. The molecule has 1 heterocycles. The number of anilines is 1. The number of nitrogens with zero attached hydrogens (tertiary/aromatic N) is 1. The maximum absolute atomic E-state index is 11.0. The molecule has 2 rings (SSSR count). The fraction of sp³-hybridized carbons (Fsp3) is 0.462. The van der Waals surface area contributed by atoms with Gasteiger partial charge in [-0.25, -0.2) is 4.79 Å². The van der Waals surface area contributed by atoms with Crippen LogP contribution in [0.15, 0.2) is 18.2 Å². The van der Waals surface area contributed by atoms with Gasteiger partial charge in [0.25, 0.3) is 5.69 Å². The van der Waals surface area contributed by atoms with E-state index in [4.69, 9.17) is 5.11 Å². The summed E-state index contributed by atoms with van der Waals surface area (Å²) in [5, 5.41) is 23.0. The van der Waals surface area contributed by atoms with Gasteiger partial charge in [-0.1, -0.05) is 0 Å². The fourth-order valence-electron chi connectivity index (χ4n) is 2.17. The number of carboxylic acid groups (broad SMARTS) is 1. The van der Waals surface area contributed by atoms with Crippen LogP contribution in [0.5, 0.6) is 0 Å². The molecule has 1 saturated heterocycles. The van der Waals surface area contributed by atoms with E-state index in [0.717, 1.165) is 30.4 Å². The highest BCUT2D eigenvalue weighted by Gasteiger charge is 2.19. The molecule has 0 radical (unpaired) electrons. The van der Waals surface area contributed by atoms with Gasteiger partial charge in [-0.05, 0) is 42.4 Å². The Morgan fingerprint density at radius 1 is 1.45 bits per heavy atom. The van der Waals surface area contributed by atoms with E-state index in [0.29, 0.717) is 18.2 Å². The molecule has 1 aliphatic rings. The van der Waals surface area contributed by atoms with Crippen LogP contribution in [-0.4, -0.2) is 34.0 Å². The third kappa shape index (κ3) is 3.63. The number of carbonyl (C=O) groups is 1. The molecule has 20 heavy (non-hydrogen) atoms. The lowest BCUT2D eigenvalue weighted by atomic mass is 10.0. The first-order chi connectivity index (χ1) is 9.58. The topological polar surface area (TPSA) is 92.5 Å². The SMILES string of the molecule is O=C(O)c1ccc(NCC2CCSCC2)c([N+](=O)[O-])c1. The summed E-state index contributed by atoms with van der Waals surface area (Å²) < 4.78 is 0. The molecule has 0 bridgehead atoms. The molecule has 0 aromatic heterocycles. The number of nitro benzene ring substituents is 1. The van der Waals surface area contributed by atoms with Crippen LogP contribution in [0.3, 0.4) is 0 Å². The number of nitro groups is 1. The predicted octanol–water partition coefficient (Wildman–Crippen LogP) is 2.85. The molecular formula is C13H16N2O4S. The molecule has 0 spiro atoms. The van der Waals surface area contributed by atoms with Crippen LogP contribution in [0.2, 0.25) is 0 Å². The molecule has 1 aliphatic heterocycles. The Hall–Kier alpha value is -1.76. The maximum atomic E-state index is 11.0. The monoisotopic (exact) mass is 296 g/mol. The predicted molar refractivity (Wildman–Crippen MR) is 78.6 cm³/mol. The van der Waals surface area contributed by atoms with Crippen molar-refractivity contribution in [2.75, 3.05) is 23.4 Å². The van der Waals surface area contributed by atoms with Gasteiger partial charge in [0.15, 0.2) is 0 Å². The summed E-state index contributed by atoms with van der Waals surface area (Å²) in [7, 11) is 0. The number of aromatic carboxylic acids is 1. The van der Waals surface area contributed by atoms with Crippen LogP contribution in [0, 0.1) is 16.0 Å². The van der Waals surface area contributed by atoms with Crippen molar-refractivity contribution >= 4 is 29.1 Å². The highest BCUT2D eigenvalue weighted by molar-refractivity contribution is 7.99. The molecule has 108 valence electrons. The quantitative estimate of drug-likeness (QED) is 0.641. The van der Waals surface area contributed by atoms with E-state index in [-0.39, 0.29) is 11.3 Å². The number of carboxylic acids is 1. The minimum Gasteiger partial charge on any atom is -0.478 e. The second-order valence-electron chi connectivity index (χ2n) is 4.73. The van der Waals surface area contributed by atoms with Crippen molar-refractivity contribution in [1.82, 2.24) is 0 Å². The van der Waals surface area contributed by atoms with E-state index in [9.17, 15) is 14.9 Å². The van der Waals surface area contributed by atoms with E-state index in [1.54, 1.807) is 0 Å². The van der Waals surface area contributed by atoms with Gasteiger partial charge in [0.05, 0.1) is 10.5 Å². The molecular weight excluding hydrogens is 280 g/mol. The highest BCUT2D eigenvalue weighted by atomic mass is 32.2. The molecule has 1 fully saturated rings. The van der Waals surface area contributed by atoms with Gasteiger partial charge in [-0.3, -0.25) is 10.1 Å². The van der Waals surface area contributed by atoms with E-state index >= 15 is 0 Å². The normalized spacial score (nSPS) is 15.8. The Balaban J connectivity index is 2.09. The third-order valence-corrected chi connectivity index (χ3v) is 4.41. The molecule has 2 N–H and O–H groups in total. The maximum Gasteiger partial charge on any atom is 0.335 e. The van der Waals surface area contributed by atoms with E-state index in [1.165, 1.54) is 12.1 Å². The zero-order valence-electron chi connectivity index (χ0n) is 10.9. The first-order valence-electron chi connectivity index (χ1n) is 6.41. The number of hydrogen-bond donors (Lipinski definition) is 2. The van der Waals surface area contributed by atoms with Crippen molar-refractivity contribution in [3.63, 3.8) is 0 Å². The minimum atomic E-state index is -1.16. The van der Waals surface area contributed by atoms with Gasteiger partial charge >= 0.3 is 5.97 Å². The lowest BCUT2D eigenvalue weighted by molar-refractivity contribution is -0.384. The Labute approximate surface area is 120 Å². The van der Waals surface area contributed by atoms with Gasteiger partial charge < -0.3 is 10.4 Å².